The van der Waals surface area contributed by atoms with Gasteiger partial charge < -0.3 is 24.0 Å². The van der Waals surface area contributed by atoms with Gasteiger partial charge in [-0.05, 0) is 43.7 Å². The van der Waals surface area contributed by atoms with Crippen LogP contribution in [0.1, 0.15) is 47.4 Å². The average Bonchev–Trinajstić information content (AvgIpc) is 2.85. The molecule has 178 valence electrons. The molecule has 3 rings (SSSR count). The van der Waals surface area contributed by atoms with Crippen molar-refractivity contribution in [3.8, 4) is 17.2 Å². The Bertz CT molecular complexity index is 973. The first kappa shape index (κ1) is 24.7. The largest absolute Gasteiger partial charge is 0.497 e. The van der Waals surface area contributed by atoms with Crippen LogP contribution in [0.5, 0.6) is 17.2 Å². The molecule has 0 aromatic heterocycles. The van der Waals surface area contributed by atoms with Gasteiger partial charge in [-0.15, -0.1) is 0 Å². The van der Waals surface area contributed by atoms with Gasteiger partial charge in [-0.1, -0.05) is 31.0 Å². The fraction of sp³-hybridized carbons (Fsp3) is 0.440. The van der Waals surface area contributed by atoms with Crippen LogP contribution in [0.3, 0.4) is 0 Å². The highest BCUT2D eigenvalue weighted by Gasteiger charge is 2.27. The Balaban J connectivity index is 1.67. The van der Waals surface area contributed by atoms with E-state index in [2.05, 4.69) is 6.92 Å². The lowest BCUT2D eigenvalue weighted by Gasteiger charge is -2.35. The van der Waals surface area contributed by atoms with E-state index in [0.717, 1.165) is 12.8 Å². The van der Waals surface area contributed by atoms with E-state index in [1.165, 1.54) is 0 Å². The molecule has 33 heavy (non-hydrogen) atoms. The van der Waals surface area contributed by atoms with Crippen LogP contribution < -0.4 is 14.2 Å². The fourth-order valence-corrected chi connectivity index (χ4v) is 3.91. The molecule has 0 bridgehead atoms. The first-order valence-electron chi connectivity index (χ1n) is 11.3. The van der Waals surface area contributed by atoms with Crippen LogP contribution in [0.25, 0.3) is 0 Å². The summed E-state index contributed by atoms with van der Waals surface area (Å²) in [4.78, 5) is 29.5. The first-order chi connectivity index (χ1) is 16.0. The summed E-state index contributed by atoms with van der Waals surface area (Å²) in [5, 5.41) is 0.354. The van der Waals surface area contributed by atoms with Crippen molar-refractivity contribution in [1.82, 2.24) is 9.80 Å². The summed E-state index contributed by atoms with van der Waals surface area (Å²) in [7, 11) is 1.57. The molecule has 0 spiro atoms. The van der Waals surface area contributed by atoms with Crippen molar-refractivity contribution in [1.29, 1.82) is 0 Å². The highest BCUT2D eigenvalue weighted by Crippen LogP contribution is 2.37. The third kappa shape index (κ3) is 6.11. The predicted octanol–water partition coefficient (Wildman–Crippen LogP) is 4.52. The standard InChI is InChI=1S/C25H31ClN2O5/c1-4-6-14-33-23-21(26)16-19(17-22(23)32-5-2)25(30)28-12-10-27(11-13-28)24(29)18-8-7-9-20(15-18)31-3/h7-9,15-17H,4-6,10-14H2,1-3H3. The van der Waals surface area contributed by atoms with E-state index < -0.39 is 0 Å². The van der Waals surface area contributed by atoms with Crippen molar-refractivity contribution in [3.63, 3.8) is 0 Å². The third-order valence-corrected chi connectivity index (χ3v) is 5.75. The van der Waals surface area contributed by atoms with Crippen molar-refractivity contribution in [2.75, 3.05) is 46.5 Å². The number of hydrogen-bond donors (Lipinski definition) is 0. The molecule has 0 atom stereocenters. The molecule has 1 aliphatic rings. The van der Waals surface area contributed by atoms with Crippen LogP contribution in [-0.2, 0) is 0 Å². The molecule has 1 heterocycles. The van der Waals surface area contributed by atoms with Crippen LogP contribution in [0.4, 0.5) is 0 Å². The molecular formula is C25H31ClN2O5. The first-order valence-corrected chi connectivity index (χ1v) is 11.7. The fourth-order valence-electron chi connectivity index (χ4n) is 3.65. The highest BCUT2D eigenvalue weighted by molar-refractivity contribution is 6.32. The van der Waals surface area contributed by atoms with E-state index in [1.807, 2.05) is 6.92 Å². The van der Waals surface area contributed by atoms with Crippen LogP contribution >= 0.6 is 11.6 Å². The van der Waals surface area contributed by atoms with Crippen LogP contribution in [0.15, 0.2) is 36.4 Å². The molecule has 1 fully saturated rings. The molecule has 0 N–H and O–H groups in total. The van der Waals surface area contributed by atoms with Gasteiger partial charge in [0.1, 0.15) is 5.75 Å². The van der Waals surface area contributed by atoms with E-state index >= 15 is 0 Å². The lowest BCUT2D eigenvalue weighted by molar-refractivity contribution is 0.0535. The number of benzene rings is 2. The molecule has 0 radical (unpaired) electrons. The number of unbranched alkanes of at least 4 members (excludes halogenated alkanes) is 1. The molecule has 0 aliphatic carbocycles. The molecule has 8 heteroatoms. The Morgan fingerprint density at radius 3 is 2.21 bits per heavy atom. The van der Waals surface area contributed by atoms with Gasteiger partial charge in [0.15, 0.2) is 11.5 Å². The number of methoxy groups -OCH3 is 1. The van der Waals surface area contributed by atoms with Gasteiger partial charge in [0.25, 0.3) is 11.8 Å². The van der Waals surface area contributed by atoms with Gasteiger partial charge in [0.2, 0.25) is 0 Å². The Morgan fingerprint density at radius 1 is 0.939 bits per heavy atom. The van der Waals surface area contributed by atoms with E-state index in [-0.39, 0.29) is 11.8 Å². The van der Waals surface area contributed by atoms with Gasteiger partial charge in [-0.2, -0.15) is 0 Å². The zero-order valence-corrected chi connectivity index (χ0v) is 20.2. The second-order valence-electron chi connectivity index (χ2n) is 7.74. The lowest BCUT2D eigenvalue weighted by atomic mass is 10.1. The highest BCUT2D eigenvalue weighted by atomic mass is 35.5. The van der Waals surface area contributed by atoms with Crippen LogP contribution in [0, 0.1) is 0 Å². The van der Waals surface area contributed by atoms with Crippen molar-refractivity contribution in [3.05, 3.63) is 52.5 Å². The summed E-state index contributed by atoms with van der Waals surface area (Å²) in [6.45, 7) is 6.70. The minimum absolute atomic E-state index is 0.0729. The molecule has 0 saturated carbocycles. The predicted molar refractivity (Wildman–Crippen MR) is 128 cm³/mol. The minimum Gasteiger partial charge on any atom is -0.497 e. The molecule has 2 aromatic carbocycles. The maximum absolute atomic E-state index is 13.2. The number of ether oxygens (including phenoxy) is 3. The van der Waals surface area contributed by atoms with Gasteiger partial charge in [0.05, 0.1) is 25.3 Å². The second kappa shape index (κ2) is 11.8. The van der Waals surface area contributed by atoms with E-state index in [0.29, 0.717) is 72.8 Å². The summed E-state index contributed by atoms with van der Waals surface area (Å²) >= 11 is 6.45. The number of halogens is 1. The maximum atomic E-state index is 13.2. The van der Waals surface area contributed by atoms with Gasteiger partial charge in [-0.25, -0.2) is 0 Å². The summed E-state index contributed by atoms with van der Waals surface area (Å²) in [5.74, 6) is 1.36. The number of nitrogens with zero attached hydrogens (tertiary/aromatic N) is 2. The minimum atomic E-state index is -0.147. The summed E-state index contributed by atoms with van der Waals surface area (Å²) in [6.07, 6.45) is 1.91. The molecule has 1 aliphatic heterocycles. The number of piperazine rings is 1. The number of carbonyl (C=O) groups excluding carboxylic acids is 2. The smallest absolute Gasteiger partial charge is 0.254 e. The van der Waals surface area contributed by atoms with Crippen LogP contribution in [-0.4, -0.2) is 68.1 Å². The quantitative estimate of drug-likeness (QED) is 0.500. The molecular weight excluding hydrogens is 444 g/mol. The summed E-state index contributed by atoms with van der Waals surface area (Å²) in [6, 6.07) is 10.4. The lowest BCUT2D eigenvalue weighted by Crippen LogP contribution is -2.50. The Kier molecular flexibility index (Phi) is 8.83. The molecule has 2 aromatic rings. The number of rotatable bonds is 9. The third-order valence-electron chi connectivity index (χ3n) is 5.47. The topological polar surface area (TPSA) is 68.3 Å². The van der Waals surface area contributed by atoms with Crippen molar-refractivity contribution in [2.24, 2.45) is 0 Å². The Labute approximate surface area is 200 Å². The van der Waals surface area contributed by atoms with Crippen molar-refractivity contribution < 1.29 is 23.8 Å². The van der Waals surface area contributed by atoms with Gasteiger partial charge in [-0.3, -0.25) is 9.59 Å². The monoisotopic (exact) mass is 474 g/mol. The van der Waals surface area contributed by atoms with Crippen molar-refractivity contribution >= 4 is 23.4 Å². The number of carbonyl (C=O) groups is 2. The van der Waals surface area contributed by atoms with Gasteiger partial charge >= 0.3 is 0 Å². The van der Waals surface area contributed by atoms with Crippen LogP contribution in [0.2, 0.25) is 5.02 Å². The molecule has 2 amide bonds. The van der Waals surface area contributed by atoms with E-state index in [1.54, 1.807) is 53.3 Å². The van der Waals surface area contributed by atoms with E-state index in [9.17, 15) is 9.59 Å². The normalized spacial score (nSPS) is 13.6. The number of amides is 2. The number of hydrogen-bond acceptors (Lipinski definition) is 5. The molecule has 1 saturated heterocycles. The van der Waals surface area contributed by atoms with E-state index in [4.69, 9.17) is 25.8 Å². The van der Waals surface area contributed by atoms with Gasteiger partial charge in [0, 0.05) is 37.3 Å². The molecule has 0 unspecified atom stereocenters. The van der Waals surface area contributed by atoms with Crippen molar-refractivity contribution in [2.45, 2.75) is 26.7 Å². The maximum Gasteiger partial charge on any atom is 0.254 e. The zero-order valence-electron chi connectivity index (χ0n) is 19.4. The Morgan fingerprint density at radius 2 is 1.61 bits per heavy atom. The second-order valence-corrected chi connectivity index (χ2v) is 8.14. The average molecular weight is 475 g/mol. The molecule has 7 nitrogen and oxygen atoms in total. The summed E-state index contributed by atoms with van der Waals surface area (Å²) in [5.41, 5.74) is 1.01. The SMILES string of the molecule is CCCCOc1c(Cl)cc(C(=O)N2CCN(C(=O)c3cccc(OC)c3)CC2)cc1OCC. The Hall–Kier alpha value is -2.93. The summed E-state index contributed by atoms with van der Waals surface area (Å²) < 4.78 is 16.7. The zero-order chi connectivity index (χ0) is 23.8.